The fraction of sp³-hybridized carbons (Fsp3) is 0.656. The number of nitrogens with one attached hydrogen (secondary N) is 1. The molecule has 0 bridgehead atoms. The normalized spacial score (nSPS) is 16.4. The third kappa shape index (κ3) is 16.3. The van der Waals surface area contributed by atoms with Gasteiger partial charge in [0.05, 0.1) is 31.0 Å². The Morgan fingerprint density at radius 2 is 1.65 bits per heavy atom. The molecular weight excluding hydrogens is 510 g/mol. The molecule has 0 aliphatic rings. The first-order valence-electron chi connectivity index (χ1n) is 14.9. The first kappa shape index (κ1) is 36.0. The number of aliphatic hydroxyl groups is 5. The SMILES string of the molecule is CCCCC(O)C(O)C=CC(CCc1ccccc1)=C(CC(O)CO)C(CCCCCCC(=O)O)NCC(C)O. The van der Waals surface area contributed by atoms with Gasteiger partial charge in [0.2, 0.25) is 0 Å². The van der Waals surface area contributed by atoms with Gasteiger partial charge in [0.1, 0.15) is 0 Å². The molecule has 5 unspecified atom stereocenters. The van der Waals surface area contributed by atoms with Gasteiger partial charge in [-0.15, -0.1) is 0 Å². The number of benzene rings is 1. The predicted octanol–water partition coefficient (Wildman–Crippen LogP) is 3.89. The number of carboxylic acid groups (broad SMARTS) is 1. The highest BCUT2D eigenvalue weighted by Crippen LogP contribution is 2.26. The van der Waals surface area contributed by atoms with Crippen LogP contribution in [0, 0.1) is 0 Å². The number of carbonyl (C=O) groups is 1. The van der Waals surface area contributed by atoms with E-state index in [1.807, 2.05) is 43.3 Å². The topological polar surface area (TPSA) is 150 Å². The van der Waals surface area contributed by atoms with Gasteiger partial charge in [0.25, 0.3) is 0 Å². The number of aryl methyl sites for hydroxylation is 1. The van der Waals surface area contributed by atoms with Gasteiger partial charge >= 0.3 is 5.97 Å². The van der Waals surface area contributed by atoms with Crippen LogP contribution >= 0.6 is 0 Å². The van der Waals surface area contributed by atoms with E-state index in [1.165, 1.54) is 0 Å². The van der Waals surface area contributed by atoms with Crippen molar-refractivity contribution >= 4 is 5.97 Å². The van der Waals surface area contributed by atoms with Gasteiger partial charge in [-0.25, -0.2) is 0 Å². The summed E-state index contributed by atoms with van der Waals surface area (Å²) in [6, 6.07) is 9.82. The molecular formula is C32H53NO7. The lowest BCUT2D eigenvalue weighted by Gasteiger charge is -2.27. The van der Waals surface area contributed by atoms with Crippen LogP contribution in [0.3, 0.4) is 0 Å². The Balaban J connectivity index is 3.33. The molecule has 0 heterocycles. The van der Waals surface area contributed by atoms with E-state index in [2.05, 4.69) is 5.32 Å². The predicted molar refractivity (Wildman–Crippen MR) is 159 cm³/mol. The molecule has 7 N–H and O–H groups in total. The fourth-order valence-electron chi connectivity index (χ4n) is 4.71. The molecule has 5 atom stereocenters. The van der Waals surface area contributed by atoms with Gasteiger partial charge < -0.3 is 36.0 Å². The lowest BCUT2D eigenvalue weighted by atomic mass is 9.88. The zero-order chi connectivity index (χ0) is 29.8. The van der Waals surface area contributed by atoms with E-state index in [1.54, 1.807) is 13.0 Å². The van der Waals surface area contributed by atoms with Gasteiger partial charge in [-0.05, 0) is 62.2 Å². The van der Waals surface area contributed by atoms with Crippen molar-refractivity contribution in [2.45, 2.75) is 121 Å². The number of allylic oxidation sites excluding steroid dienone is 2. The smallest absolute Gasteiger partial charge is 0.303 e. The maximum absolute atomic E-state index is 10.8. The number of hydrogen-bond donors (Lipinski definition) is 7. The lowest BCUT2D eigenvalue weighted by molar-refractivity contribution is -0.137. The van der Waals surface area contributed by atoms with Gasteiger partial charge in [-0.1, -0.05) is 81.5 Å². The Hall–Kier alpha value is -2.07. The van der Waals surface area contributed by atoms with Gasteiger partial charge in [0.15, 0.2) is 0 Å². The molecule has 0 aliphatic heterocycles. The van der Waals surface area contributed by atoms with Crippen molar-refractivity contribution in [1.82, 2.24) is 5.32 Å². The van der Waals surface area contributed by atoms with E-state index in [0.29, 0.717) is 32.2 Å². The minimum absolute atomic E-state index is 0.151. The van der Waals surface area contributed by atoms with Crippen LogP contribution in [0.5, 0.6) is 0 Å². The van der Waals surface area contributed by atoms with Crippen molar-refractivity contribution in [2.24, 2.45) is 0 Å². The van der Waals surface area contributed by atoms with Crippen molar-refractivity contribution in [1.29, 1.82) is 0 Å². The average Bonchev–Trinajstić information content (AvgIpc) is 2.94. The Bertz CT molecular complexity index is 856. The van der Waals surface area contributed by atoms with E-state index in [9.17, 15) is 30.3 Å². The fourth-order valence-corrected chi connectivity index (χ4v) is 4.71. The lowest BCUT2D eigenvalue weighted by Crippen LogP contribution is -2.38. The van der Waals surface area contributed by atoms with Crippen LogP contribution in [0.15, 0.2) is 53.6 Å². The number of rotatable bonds is 23. The van der Waals surface area contributed by atoms with Crippen molar-refractivity contribution in [2.75, 3.05) is 13.2 Å². The molecule has 8 nitrogen and oxygen atoms in total. The highest BCUT2D eigenvalue weighted by atomic mass is 16.4. The van der Waals surface area contributed by atoms with Crippen molar-refractivity contribution < 1.29 is 35.4 Å². The molecule has 0 spiro atoms. The van der Waals surface area contributed by atoms with Crippen molar-refractivity contribution in [3.05, 3.63) is 59.2 Å². The molecule has 1 aromatic carbocycles. The molecule has 0 radical (unpaired) electrons. The van der Waals surface area contributed by atoms with E-state index < -0.39 is 37.0 Å². The second-order valence-electron chi connectivity index (χ2n) is 10.8. The van der Waals surface area contributed by atoms with Crippen molar-refractivity contribution in [3.63, 3.8) is 0 Å². The highest BCUT2D eigenvalue weighted by Gasteiger charge is 2.21. The van der Waals surface area contributed by atoms with Crippen LogP contribution in [0.1, 0.15) is 90.0 Å². The Kier molecular flexibility index (Phi) is 19.5. The molecule has 0 amide bonds. The molecule has 0 fully saturated rings. The number of hydrogen-bond acceptors (Lipinski definition) is 7. The van der Waals surface area contributed by atoms with Crippen LogP contribution in [0.2, 0.25) is 0 Å². The van der Waals surface area contributed by atoms with Crippen molar-refractivity contribution in [3.8, 4) is 0 Å². The largest absolute Gasteiger partial charge is 0.481 e. The highest BCUT2D eigenvalue weighted by molar-refractivity contribution is 5.66. The minimum Gasteiger partial charge on any atom is -0.481 e. The Labute approximate surface area is 240 Å². The molecule has 0 saturated carbocycles. The molecule has 0 aliphatic carbocycles. The van der Waals surface area contributed by atoms with Crippen LogP contribution in [-0.2, 0) is 11.2 Å². The molecule has 40 heavy (non-hydrogen) atoms. The summed E-state index contributed by atoms with van der Waals surface area (Å²) < 4.78 is 0. The third-order valence-electron chi connectivity index (χ3n) is 7.06. The van der Waals surface area contributed by atoms with E-state index in [0.717, 1.165) is 55.2 Å². The summed E-state index contributed by atoms with van der Waals surface area (Å²) in [4.78, 5) is 10.8. The summed E-state index contributed by atoms with van der Waals surface area (Å²) in [5.74, 6) is -0.795. The maximum Gasteiger partial charge on any atom is 0.303 e. The molecule has 0 aromatic heterocycles. The van der Waals surface area contributed by atoms with E-state index >= 15 is 0 Å². The Morgan fingerprint density at radius 3 is 2.27 bits per heavy atom. The van der Waals surface area contributed by atoms with Crippen LogP contribution in [-0.4, -0.2) is 80.2 Å². The first-order chi connectivity index (χ1) is 19.2. The molecule has 0 saturated heterocycles. The van der Waals surface area contributed by atoms with Crippen LogP contribution in [0.25, 0.3) is 0 Å². The maximum atomic E-state index is 10.8. The van der Waals surface area contributed by atoms with Crippen LogP contribution in [0.4, 0.5) is 0 Å². The summed E-state index contributed by atoms with van der Waals surface area (Å²) in [5, 5.41) is 63.6. The monoisotopic (exact) mass is 563 g/mol. The standard InChI is InChI=1S/C32H53NO7/c1-3-4-15-30(37)31(38)20-19-26(18-17-25-12-8-7-9-13-25)28(21-27(36)23-34)29(33-22-24(2)35)14-10-5-6-11-16-32(39)40/h7-9,12-13,19-20,24,27,29-31,33-38H,3-6,10-11,14-18,21-23H2,1-2H3,(H,39,40). The second-order valence-corrected chi connectivity index (χ2v) is 10.8. The minimum atomic E-state index is -1.03. The zero-order valence-electron chi connectivity index (χ0n) is 24.4. The molecule has 1 rings (SSSR count). The summed E-state index contributed by atoms with van der Waals surface area (Å²) in [7, 11) is 0. The summed E-state index contributed by atoms with van der Waals surface area (Å²) >= 11 is 0. The number of aliphatic carboxylic acids is 1. The van der Waals surface area contributed by atoms with E-state index in [4.69, 9.17) is 5.11 Å². The van der Waals surface area contributed by atoms with Gasteiger partial charge in [0, 0.05) is 19.0 Å². The van der Waals surface area contributed by atoms with Gasteiger partial charge in [-0.3, -0.25) is 4.79 Å². The Morgan fingerprint density at radius 1 is 0.950 bits per heavy atom. The quantitative estimate of drug-likeness (QED) is 0.0783. The number of aliphatic hydroxyl groups excluding tert-OH is 5. The molecule has 8 heteroatoms. The second kappa shape index (κ2) is 21.6. The van der Waals surface area contributed by atoms with E-state index in [-0.39, 0.29) is 18.9 Å². The summed E-state index contributed by atoms with van der Waals surface area (Å²) in [5.41, 5.74) is 2.95. The number of unbranched alkanes of at least 4 members (excludes halogenated alkanes) is 4. The first-order valence-corrected chi connectivity index (χ1v) is 14.9. The molecule has 228 valence electrons. The van der Waals surface area contributed by atoms with Gasteiger partial charge in [-0.2, -0.15) is 0 Å². The summed E-state index contributed by atoms with van der Waals surface area (Å²) in [6.07, 6.45) is 7.77. The third-order valence-corrected chi connectivity index (χ3v) is 7.06. The molecule has 1 aromatic rings. The number of carboxylic acids is 1. The summed E-state index contributed by atoms with van der Waals surface area (Å²) in [6.45, 7) is 3.68. The van der Waals surface area contributed by atoms with Crippen LogP contribution < -0.4 is 5.32 Å². The average molecular weight is 564 g/mol. The zero-order valence-corrected chi connectivity index (χ0v) is 24.4.